The molecule has 0 radical (unpaired) electrons. The minimum Gasteiger partial charge on any atom is -0.508 e. The summed E-state index contributed by atoms with van der Waals surface area (Å²) in [5.41, 5.74) is 0.874. The zero-order chi connectivity index (χ0) is 14.0. The van der Waals surface area contributed by atoms with Crippen molar-refractivity contribution in [3.63, 3.8) is 0 Å². The average Bonchev–Trinajstić information content (AvgIpc) is 2.77. The summed E-state index contributed by atoms with van der Waals surface area (Å²) in [7, 11) is 0. The van der Waals surface area contributed by atoms with Gasteiger partial charge in [0, 0.05) is 23.9 Å². The van der Waals surface area contributed by atoms with Crippen molar-refractivity contribution in [3.8, 4) is 22.8 Å². The molecule has 1 aromatic carbocycles. The van der Waals surface area contributed by atoms with Gasteiger partial charge in [-0.3, -0.25) is 14.9 Å². The first-order valence-corrected chi connectivity index (χ1v) is 6.15. The first-order valence-electron chi connectivity index (χ1n) is 5.27. The summed E-state index contributed by atoms with van der Waals surface area (Å²) in [5, 5.41) is 23.1. The Hall–Kier alpha value is -2.41. The van der Waals surface area contributed by atoms with Crippen LogP contribution in [0.3, 0.4) is 0 Å². The van der Waals surface area contributed by atoms with E-state index in [-0.39, 0.29) is 16.6 Å². The van der Waals surface area contributed by atoms with E-state index in [1.807, 2.05) is 0 Å². The molecule has 0 saturated heterocycles. The van der Waals surface area contributed by atoms with Crippen LogP contribution in [0.2, 0.25) is 0 Å². The Kier molecular flexibility index (Phi) is 3.48. The molecule has 0 aliphatic rings. The number of carbonyl (C=O) groups is 2. The Bertz CT molecular complexity index is 651. The second-order valence-electron chi connectivity index (χ2n) is 3.75. The van der Waals surface area contributed by atoms with Crippen molar-refractivity contribution in [3.05, 3.63) is 23.6 Å². The molecule has 98 valence electrons. The number of thiazole rings is 1. The molecule has 0 aliphatic carbocycles. The number of carbonyl (C=O) groups excluding carboxylic acids is 2. The maximum Gasteiger partial charge on any atom is 0.293 e. The number of aromatic nitrogens is 1. The van der Waals surface area contributed by atoms with Gasteiger partial charge < -0.3 is 10.2 Å². The summed E-state index contributed by atoms with van der Waals surface area (Å²) in [6.45, 7) is 1.16. The second-order valence-corrected chi connectivity index (χ2v) is 4.61. The van der Waals surface area contributed by atoms with Crippen LogP contribution in [-0.4, -0.2) is 26.9 Å². The Balaban J connectivity index is 2.26. The van der Waals surface area contributed by atoms with Crippen LogP contribution in [-0.2, 0) is 9.59 Å². The summed E-state index contributed by atoms with van der Waals surface area (Å²) in [6, 6.07) is 4.13. The normalized spacial score (nSPS) is 10.2. The monoisotopic (exact) mass is 278 g/mol. The molecule has 3 N–H and O–H groups in total. The number of amides is 1. The quantitative estimate of drug-likeness (QED) is 0.743. The van der Waals surface area contributed by atoms with E-state index in [0.717, 1.165) is 18.3 Å². The molecular formula is C12H10N2O4S. The molecule has 1 amide bonds. The van der Waals surface area contributed by atoms with Crippen LogP contribution in [0.15, 0.2) is 23.6 Å². The summed E-state index contributed by atoms with van der Waals surface area (Å²) < 4.78 is 0. The van der Waals surface area contributed by atoms with Gasteiger partial charge in [0.1, 0.15) is 11.5 Å². The van der Waals surface area contributed by atoms with Crippen molar-refractivity contribution >= 4 is 28.2 Å². The van der Waals surface area contributed by atoms with E-state index >= 15 is 0 Å². The standard InChI is InChI=1S/C12H10N2O4S/c1-6(15)11(18)14-12-13-9(5-19-12)8-3-2-7(16)4-10(8)17/h2-5,16-17H,1H3,(H,13,14,18). The molecule has 0 atom stereocenters. The second kappa shape index (κ2) is 5.07. The van der Waals surface area contributed by atoms with Gasteiger partial charge in [0.15, 0.2) is 5.13 Å². The highest BCUT2D eigenvalue weighted by molar-refractivity contribution is 7.14. The van der Waals surface area contributed by atoms with Crippen LogP contribution < -0.4 is 5.32 Å². The van der Waals surface area contributed by atoms with Gasteiger partial charge in [0.25, 0.3) is 5.91 Å². The number of nitrogens with one attached hydrogen (secondary N) is 1. The van der Waals surface area contributed by atoms with Crippen molar-refractivity contribution in [2.75, 3.05) is 5.32 Å². The molecule has 7 heteroatoms. The highest BCUT2D eigenvalue weighted by Gasteiger charge is 2.13. The highest BCUT2D eigenvalue weighted by Crippen LogP contribution is 2.33. The molecule has 19 heavy (non-hydrogen) atoms. The van der Waals surface area contributed by atoms with Crippen molar-refractivity contribution < 1.29 is 19.8 Å². The predicted molar refractivity (Wildman–Crippen MR) is 70.2 cm³/mol. The van der Waals surface area contributed by atoms with Gasteiger partial charge in [-0.15, -0.1) is 11.3 Å². The maximum absolute atomic E-state index is 11.2. The Morgan fingerprint density at radius 1 is 1.32 bits per heavy atom. The van der Waals surface area contributed by atoms with Crippen LogP contribution >= 0.6 is 11.3 Å². The first kappa shape index (κ1) is 13.0. The number of ketones is 1. The molecule has 0 fully saturated rings. The van der Waals surface area contributed by atoms with Gasteiger partial charge in [0.05, 0.1) is 5.69 Å². The van der Waals surface area contributed by atoms with E-state index in [2.05, 4.69) is 10.3 Å². The van der Waals surface area contributed by atoms with Gasteiger partial charge >= 0.3 is 0 Å². The number of aromatic hydroxyl groups is 2. The van der Waals surface area contributed by atoms with Gasteiger partial charge in [-0.2, -0.15) is 0 Å². The molecular weight excluding hydrogens is 268 g/mol. The molecule has 0 bridgehead atoms. The van der Waals surface area contributed by atoms with Crippen molar-refractivity contribution in [2.24, 2.45) is 0 Å². The summed E-state index contributed by atoms with van der Waals surface area (Å²) >= 11 is 1.13. The summed E-state index contributed by atoms with van der Waals surface area (Å²) in [4.78, 5) is 26.1. The molecule has 0 aliphatic heterocycles. The fourth-order valence-electron chi connectivity index (χ4n) is 1.38. The number of anilines is 1. The number of nitrogens with zero attached hydrogens (tertiary/aromatic N) is 1. The molecule has 0 unspecified atom stereocenters. The Morgan fingerprint density at radius 3 is 2.68 bits per heavy atom. The third-order valence-electron chi connectivity index (χ3n) is 2.30. The van der Waals surface area contributed by atoms with Gasteiger partial charge in [-0.05, 0) is 12.1 Å². The van der Waals surface area contributed by atoms with E-state index in [1.54, 1.807) is 5.38 Å². The lowest BCUT2D eigenvalue weighted by molar-refractivity contribution is -0.133. The fourth-order valence-corrected chi connectivity index (χ4v) is 2.08. The topological polar surface area (TPSA) is 99.5 Å². The average molecular weight is 278 g/mol. The lowest BCUT2D eigenvalue weighted by Crippen LogP contribution is -2.19. The Labute approximate surface area is 112 Å². The SMILES string of the molecule is CC(=O)C(=O)Nc1nc(-c2ccc(O)cc2O)cs1. The third-order valence-corrected chi connectivity index (χ3v) is 3.06. The van der Waals surface area contributed by atoms with Crippen molar-refractivity contribution in [1.82, 2.24) is 4.98 Å². The summed E-state index contributed by atoms with van der Waals surface area (Å²) in [6.07, 6.45) is 0. The lowest BCUT2D eigenvalue weighted by atomic mass is 10.1. The van der Waals surface area contributed by atoms with Crippen molar-refractivity contribution in [1.29, 1.82) is 0 Å². The number of hydrogen-bond donors (Lipinski definition) is 3. The van der Waals surface area contributed by atoms with E-state index in [1.165, 1.54) is 18.2 Å². The smallest absolute Gasteiger partial charge is 0.293 e. The van der Waals surface area contributed by atoms with Crippen LogP contribution in [0.25, 0.3) is 11.3 Å². The molecule has 6 nitrogen and oxygen atoms in total. The largest absolute Gasteiger partial charge is 0.508 e. The molecule has 2 aromatic rings. The van der Waals surface area contributed by atoms with Gasteiger partial charge in [0.2, 0.25) is 5.78 Å². The van der Waals surface area contributed by atoms with Crippen LogP contribution in [0, 0.1) is 0 Å². The zero-order valence-electron chi connectivity index (χ0n) is 9.88. The van der Waals surface area contributed by atoms with Gasteiger partial charge in [-0.1, -0.05) is 0 Å². The minimum absolute atomic E-state index is 0.0541. The van der Waals surface area contributed by atoms with E-state index in [9.17, 15) is 19.8 Å². The fraction of sp³-hybridized carbons (Fsp3) is 0.0833. The number of rotatable bonds is 3. The molecule has 2 rings (SSSR count). The van der Waals surface area contributed by atoms with Crippen LogP contribution in [0.1, 0.15) is 6.92 Å². The lowest BCUT2D eigenvalue weighted by Gasteiger charge is -2.01. The first-order chi connectivity index (χ1) is 8.97. The van der Waals surface area contributed by atoms with E-state index < -0.39 is 11.7 Å². The van der Waals surface area contributed by atoms with E-state index in [4.69, 9.17) is 0 Å². The third kappa shape index (κ3) is 2.89. The highest BCUT2D eigenvalue weighted by atomic mass is 32.1. The zero-order valence-corrected chi connectivity index (χ0v) is 10.7. The molecule has 1 heterocycles. The Morgan fingerprint density at radius 2 is 2.05 bits per heavy atom. The van der Waals surface area contributed by atoms with Crippen LogP contribution in [0.5, 0.6) is 11.5 Å². The van der Waals surface area contributed by atoms with Crippen molar-refractivity contribution in [2.45, 2.75) is 6.92 Å². The number of benzene rings is 1. The molecule has 0 saturated carbocycles. The predicted octanol–water partition coefficient (Wildman–Crippen LogP) is 1.75. The maximum atomic E-state index is 11.2. The van der Waals surface area contributed by atoms with Gasteiger partial charge in [-0.25, -0.2) is 4.98 Å². The number of hydrogen-bond acceptors (Lipinski definition) is 6. The summed E-state index contributed by atoms with van der Waals surface area (Å²) in [5.74, 6) is -1.52. The van der Waals surface area contributed by atoms with Crippen LogP contribution in [0.4, 0.5) is 5.13 Å². The number of phenols is 2. The van der Waals surface area contributed by atoms with E-state index in [0.29, 0.717) is 11.3 Å². The number of phenolic OH excluding ortho intramolecular Hbond substituents is 2. The minimum atomic E-state index is -0.740. The molecule has 0 spiro atoms. The molecule has 1 aromatic heterocycles. The number of Topliss-reactive ketones (excluding diaryl/α,β-unsaturated/α-hetero) is 1.